The molecule has 0 amide bonds. The van der Waals surface area contributed by atoms with E-state index in [9.17, 15) is 0 Å². The molecule has 1 aromatic carbocycles. The zero-order valence-electron chi connectivity index (χ0n) is 11.8. The summed E-state index contributed by atoms with van der Waals surface area (Å²) >= 11 is 0. The van der Waals surface area contributed by atoms with Crippen LogP contribution in [-0.2, 0) is 24.4 Å². The van der Waals surface area contributed by atoms with Crippen molar-refractivity contribution in [2.45, 2.75) is 33.5 Å². The smallest absolute Gasteiger partial charge is 0.0713 e. The van der Waals surface area contributed by atoms with Crippen LogP contribution in [0.15, 0.2) is 30.3 Å². The minimum Gasteiger partial charge on any atom is -0.380 e. The summed E-state index contributed by atoms with van der Waals surface area (Å²) in [6.45, 7) is 6.45. The first-order chi connectivity index (χ1) is 9.22. The number of aryl methyl sites for hydroxylation is 2. The molecule has 1 N–H and O–H groups in total. The number of hydrogen-bond donors (Lipinski definition) is 1. The lowest BCUT2D eigenvalue weighted by Gasteiger charge is -2.09. The number of aromatic nitrogens is 2. The van der Waals surface area contributed by atoms with Crippen LogP contribution in [0.3, 0.4) is 0 Å². The lowest BCUT2D eigenvalue weighted by molar-refractivity contribution is 0.185. The first kappa shape index (κ1) is 13.6. The van der Waals surface area contributed by atoms with Crippen molar-refractivity contribution in [3.8, 4) is 0 Å². The largest absolute Gasteiger partial charge is 0.380 e. The molecule has 0 unspecified atom stereocenters. The molecule has 0 bridgehead atoms. The van der Waals surface area contributed by atoms with Gasteiger partial charge in [-0.1, -0.05) is 12.1 Å². The molecule has 0 aliphatic carbocycles. The number of rotatable bonds is 6. The molecule has 19 heavy (non-hydrogen) atoms. The predicted octanol–water partition coefficient (Wildman–Crippen LogP) is 2.97. The van der Waals surface area contributed by atoms with Crippen molar-refractivity contribution in [3.05, 3.63) is 47.3 Å². The topological polar surface area (TPSA) is 39.1 Å². The van der Waals surface area contributed by atoms with Crippen LogP contribution in [0.25, 0.3) is 0 Å². The third-order valence-corrected chi connectivity index (χ3v) is 3.00. The first-order valence-electron chi connectivity index (χ1n) is 6.58. The maximum atomic E-state index is 5.14. The number of hydrogen-bond acceptors (Lipinski definition) is 3. The Balaban J connectivity index is 2.03. The van der Waals surface area contributed by atoms with Gasteiger partial charge in [0.15, 0.2) is 0 Å². The summed E-state index contributed by atoms with van der Waals surface area (Å²) in [5.74, 6) is 0. The number of nitrogens with one attached hydrogen (secondary N) is 1. The maximum absolute atomic E-state index is 5.14. The number of methoxy groups -OCH3 is 1. The summed E-state index contributed by atoms with van der Waals surface area (Å²) < 4.78 is 7.17. The van der Waals surface area contributed by atoms with Crippen molar-refractivity contribution in [3.63, 3.8) is 0 Å². The van der Waals surface area contributed by atoms with E-state index in [2.05, 4.69) is 41.6 Å². The fourth-order valence-electron chi connectivity index (χ4n) is 2.15. The van der Waals surface area contributed by atoms with Crippen LogP contribution < -0.4 is 5.32 Å². The Morgan fingerprint density at radius 1 is 1.32 bits per heavy atom. The summed E-state index contributed by atoms with van der Waals surface area (Å²) in [7, 11) is 1.71. The van der Waals surface area contributed by atoms with Gasteiger partial charge < -0.3 is 10.1 Å². The van der Waals surface area contributed by atoms with Crippen molar-refractivity contribution in [2.24, 2.45) is 0 Å². The lowest BCUT2D eigenvalue weighted by Crippen LogP contribution is -2.08. The van der Waals surface area contributed by atoms with Gasteiger partial charge in [0.25, 0.3) is 0 Å². The van der Waals surface area contributed by atoms with Gasteiger partial charge in [0.2, 0.25) is 0 Å². The quantitative estimate of drug-likeness (QED) is 0.867. The highest BCUT2D eigenvalue weighted by molar-refractivity contribution is 5.45. The summed E-state index contributed by atoms with van der Waals surface area (Å²) in [6.07, 6.45) is 0. The molecule has 0 saturated heterocycles. The summed E-state index contributed by atoms with van der Waals surface area (Å²) in [6, 6.07) is 10.4. The maximum Gasteiger partial charge on any atom is 0.0713 e. The molecule has 0 aliphatic rings. The second kappa shape index (κ2) is 6.38. The van der Waals surface area contributed by atoms with E-state index in [-0.39, 0.29) is 0 Å². The number of anilines is 1. The molecule has 2 aromatic rings. The Kier molecular flexibility index (Phi) is 4.58. The van der Waals surface area contributed by atoms with Gasteiger partial charge in [-0.3, -0.25) is 4.68 Å². The molecule has 0 atom stereocenters. The van der Waals surface area contributed by atoms with E-state index >= 15 is 0 Å². The molecular formula is C15H21N3O. The predicted molar refractivity (Wildman–Crippen MR) is 77.1 cm³/mol. The Morgan fingerprint density at radius 2 is 2.16 bits per heavy atom. The molecule has 4 heteroatoms. The first-order valence-corrected chi connectivity index (χ1v) is 6.58. The Hall–Kier alpha value is -1.81. The van der Waals surface area contributed by atoms with E-state index in [0.717, 1.165) is 24.5 Å². The molecule has 1 aromatic heterocycles. The van der Waals surface area contributed by atoms with Crippen molar-refractivity contribution in [1.29, 1.82) is 0 Å². The van der Waals surface area contributed by atoms with Crippen LogP contribution in [-0.4, -0.2) is 16.9 Å². The van der Waals surface area contributed by atoms with Crippen molar-refractivity contribution >= 4 is 5.69 Å². The molecule has 2 rings (SSSR count). The zero-order valence-corrected chi connectivity index (χ0v) is 11.8. The Labute approximate surface area is 114 Å². The average Bonchev–Trinajstić information content (AvgIpc) is 2.78. The van der Waals surface area contributed by atoms with Gasteiger partial charge in [-0.25, -0.2) is 0 Å². The third-order valence-electron chi connectivity index (χ3n) is 3.00. The van der Waals surface area contributed by atoms with Gasteiger partial charge in [-0.2, -0.15) is 5.10 Å². The highest BCUT2D eigenvalue weighted by atomic mass is 16.5. The van der Waals surface area contributed by atoms with Gasteiger partial charge in [0, 0.05) is 19.3 Å². The van der Waals surface area contributed by atoms with Crippen LogP contribution in [0.4, 0.5) is 5.69 Å². The number of benzene rings is 1. The minimum absolute atomic E-state index is 0.640. The molecule has 0 fully saturated rings. The van der Waals surface area contributed by atoms with E-state index in [0.29, 0.717) is 6.61 Å². The van der Waals surface area contributed by atoms with Gasteiger partial charge in [0.1, 0.15) is 0 Å². The normalized spacial score (nSPS) is 10.7. The minimum atomic E-state index is 0.640. The fourth-order valence-corrected chi connectivity index (χ4v) is 2.15. The number of ether oxygens (including phenoxy) is 1. The van der Waals surface area contributed by atoms with Crippen molar-refractivity contribution in [1.82, 2.24) is 9.78 Å². The lowest BCUT2D eigenvalue weighted by atomic mass is 10.2. The summed E-state index contributed by atoms with van der Waals surface area (Å²) in [4.78, 5) is 0. The third kappa shape index (κ3) is 3.58. The summed E-state index contributed by atoms with van der Waals surface area (Å²) in [5.41, 5.74) is 4.55. The van der Waals surface area contributed by atoms with Crippen LogP contribution >= 0.6 is 0 Å². The standard InChI is InChI=1S/C15H21N3O/c1-4-18-15(8-12(2)17-18)10-16-14-7-5-6-13(9-14)11-19-3/h5-9,16H,4,10-11H2,1-3H3. The van der Waals surface area contributed by atoms with E-state index < -0.39 is 0 Å². The molecule has 0 radical (unpaired) electrons. The molecule has 1 heterocycles. The number of nitrogens with zero attached hydrogens (tertiary/aromatic N) is 2. The average molecular weight is 259 g/mol. The van der Waals surface area contributed by atoms with Crippen LogP contribution in [0.5, 0.6) is 0 Å². The van der Waals surface area contributed by atoms with Crippen molar-refractivity contribution in [2.75, 3.05) is 12.4 Å². The monoisotopic (exact) mass is 259 g/mol. The SMILES string of the molecule is CCn1nc(C)cc1CNc1cccc(COC)c1. The molecule has 4 nitrogen and oxygen atoms in total. The van der Waals surface area contributed by atoms with E-state index in [4.69, 9.17) is 4.74 Å². The van der Waals surface area contributed by atoms with Gasteiger partial charge in [-0.05, 0) is 37.6 Å². The van der Waals surface area contributed by atoms with E-state index in [1.54, 1.807) is 7.11 Å². The second-order valence-corrected chi connectivity index (χ2v) is 4.58. The Morgan fingerprint density at radius 3 is 2.89 bits per heavy atom. The van der Waals surface area contributed by atoms with E-state index in [1.165, 1.54) is 11.3 Å². The molecule has 0 saturated carbocycles. The molecule has 0 spiro atoms. The fraction of sp³-hybridized carbons (Fsp3) is 0.400. The zero-order chi connectivity index (χ0) is 13.7. The van der Waals surface area contributed by atoms with Gasteiger partial charge >= 0.3 is 0 Å². The summed E-state index contributed by atoms with van der Waals surface area (Å²) in [5, 5.41) is 7.88. The highest BCUT2D eigenvalue weighted by Crippen LogP contribution is 2.13. The van der Waals surface area contributed by atoms with Crippen LogP contribution in [0.2, 0.25) is 0 Å². The van der Waals surface area contributed by atoms with Gasteiger partial charge in [0.05, 0.1) is 24.5 Å². The Bertz CT molecular complexity index is 534. The van der Waals surface area contributed by atoms with Crippen LogP contribution in [0.1, 0.15) is 23.9 Å². The molecule has 0 aliphatic heterocycles. The molecular weight excluding hydrogens is 238 g/mol. The van der Waals surface area contributed by atoms with Crippen molar-refractivity contribution < 1.29 is 4.74 Å². The van der Waals surface area contributed by atoms with Gasteiger partial charge in [-0.15, -0.1) is 0 Å². The van der Waals surface area contributed by atoms with Crippen LogP contribution in [0, 0.1) is 6.92 Å². The molecule has 102 valence electrons. The highest BCUT2D eigenvalue weighted by Gasteiger charge is 2.03. The second-order valence-electron chi connectivity index (χ2n) is 4.58. The van der Waals surface area contributed by atoms with E-state index in [1.807, 2.05) is 17.7 Å².